The molecule has 0 radical (unpaired) electrons. The minimum absolute atomic E-state index is 0.372. The zero-order valence-electron chi connectivity index (χ0n) is 9.76. The van der Waals surface area contributed by atoms with E-state index in [0.29, 0.717) is 6.01 Å². The third-order valence-corrected chi connectivity index (χ3v) is 2.21. The van der Waals surface area contributed by atoms with E-state index in [1.165, 1.54) is 0 Å². The number of rotatable bonds is 5. The molecule has 0 amide bonds. The first kappa shape index (κ1) is 11.5. The van der Waals surface area contributed by atoms with Crippen molar-refractivity contribution in [2.75, 3.05) is 6.54 Å². The van der Waals surface area contributed by atoms with E-state index in [0.717, 1.165) is 24.4 Å². The van der Waals surface area contributed by atoms with Gasteiger partial charge in [-0.2, -0.15) is 0 Å². The summed E-state index contributed by atoms with van der Waals surface area (Å²) in [6.45, 7) is 3.78. The van der Waals surface area contributed by atoms with Gasteiger partial charge in [-0.05, 0) is 18.7 Å². The van der Waals surface area contributed by atoms with E-state index in [1.807, 2.05) is 30.3 Å². The third-order valence-electron chi connectivity index (χ3n) is 2.21. The monoisotopic (exact) mass is 229 g/mol. The molecule has 0 aliphatic heterocycles. The van der Waals surface area contributed by atoms with Gasteiger partial charge in [0.25, 0.3) is 0 Å². The first-order valence-electron chi connectivity index (χ1n) is 5.63. The second-order valence-electron chi connectivity index (χ2n) is 3.57. The van der Waals surface area contributed by atoms with Gasteiger partial charge in [0.1, 0.15) is 5.75 Å². The van der Waals surface area contributed by atoms with Crippen molar-refractivity contribution in [2.24, 2.45) is 0 Å². The Hall–Kier alpha value is -1.94. The number of nitrogens with zero attached hydrogens (tertiary/aromatic N) is 2. The SMILES string of the molecule is CCNCc1cnc(Oc2ccccc2)nc1. The first-order chi connectivity index (χ1) is 8.38. The largest absolute Gasteiger partial charge is 0.424 e. The smallest absolute Gasteiger partial charge is 0.321 e. The second kappa shape index (κ2) is 5.96. The van der Waals surface area contributed by atoms with Gasteiger partial charge in [0.05, 0.1) is 0 Å². The lowest BCUT2D eigenvalue weighted by molar-refractivity contribution is 0.440. The van der Waals surface area contributed by atoms with Crippen LogP contribution in [0.4, 0.5) is 0 Å². The van der Waals surface area contributed by atoms with E-state index in [2.05, 4.69) is 22.2 Å². The zero-order chi connectivity index (χ0) is 11.9. The molecular weight excluding hydrogens is 214 g/mol. The number of para-hydroxylation sites is 1. The average molecular weight is 229 g/mol. The molecule has 0 bridgehead atoms. The number of benzene rings is 1. The van der Waals surface area contributed by atoms with Crippen LogP contribution in [0.15, 0.2) is 42.7 Å². The Bertz CT molecular complexity index is 442. The molecular formula is C13H15N3O. The quantitative estimate of drug-likeness (QED) is 0.855. The summed E-state index contributed by atoms with van der Waals surface area (Å²) in [6.07, 6.45) is 3.54. The maximum absolute atomic E-state index is 5.50. The lowest BCUT2D eigenvalue weighted by Crippen LogP contribution is -2.12. The van der Waals surface area contributed by atoms with Gasteiger partial charge < -0.3 is 10.1 Å². The molecule has 4 heteroatoms. The molecule has 2 rings (SSSR count). The van der Waals surface area contributed by atoms with Crippen LogP contribution in [-0.4, -0.2) is 16.5 Å². The fraction of sp³-hybridized carbons (Fsp3) is 0.231. The Morgan fingerprint density at radius 2 is 1.82 bits per heavy atom. The second-order valence-corrected chi connectivity index (χ2v) is 3.57. The van der Waals surface area contributed by atoms with Crippen molar-refractivity contribution >= 4 is 0 Å². The molecule has 1 aromatic carbocycles. The average Bonchev–Trinajstić information content (AvgIpc) is 2.39. The summed E-state index contributed by atoms with van der Waals surface area (Å²) in [5, 5.41) is 3.21. The molecule has 1 N–H and O–H groups in total. The molecule has 0 spiro atoms. The topological polar surface area (TPSA) is 47.0 Å². The summed E-state index contributed by atoms with van der Waals surface area (Å²) in [7, 11) is 0. The molecule has 17 heavy (non-hydrogen) atoms. The summed E-state index contributed by atoms with van der Waals surface area (Å²) >= 11 is 0. The molecule has 2 aromatic rings. The van der Waals surface area contributed by atoms with Crippen molar-refractivity contribution in [2.45, 2.75) is 13.5 Å². The van der Waals surface area contributed by atoms with Crippen molar-refractivity contribution in [3.05, 3.63) is 48.3 Å². The van der Waals surface area contributed by atoms with E-state index in [1.54, 1.807) is 12.4 Å². The Kier molecular flexibility index (Phi) is 4.05. The minimum atomic E-state index is 0.372. The maximum atomic E-state index is 5.50. The highest BCUT2D eigenvalue weighted by Gasteiger charge is 1.99. The molecule has 0 atom stereocenters. The maximum Gasteiger partial charge on any atom is 0.321 e. The van der Waals surface area contributed by atoms with E-state index < -0.39 is 0 Å². The molecule has 1 aromatic heterocycles. The lowest BCUT2D eigenvalue weighted by atomic mass is 10.3. The number of aromatic nitrogens is 2. The molecule has 0 saturated heterocycles. The van der Waals surface area contributed by atoms with Crippen molar-refractivity contribution in [3.63, 3.8) is 0 Å². The van der Waals surface area contributed by atoms with Gasteiger partial charge in [0.2, 0.25) is 0 Å². The molecule has 0 aliphatic carbocycles. The van der Waals surface area contributed by atoms with E-state index in [4.69, 9.17) is 4.74 Å². The molecule has 0 saturated carbocycles. The van der Waals surface area contributed by atoms with E-state index in [-0.39, 0.29) is 0 Å². The van der Waals surface area contributed by atoms with Gasteiger partial charge in [-0.25, -0.2) is 9.97 Å². The minimum Gasteiger partial charge on any atom is -0.424 e. The standard InChI is InChI=1S/C13H15N3O/c1-2-14-8-11-9-15-13(16-10-11)17-12-6-4-3-5-7-12/h3-7,9-10,14H,2,8H2,1H3. The van der Waals surface area contributed by atoms with Crippen LogP contribution in [-0.2, 0) is 6.54 Å². The predicted octanol–water partition coefficient (Wildman–Crippen LogP) is 2.38. The Balaban J connectivity index is 1.98. The third kappa shape index (κ3) is 3.53. The van der Waals surface area contributed by atoms with Gasteiger partial charge in [0.15, 0.2) is 0 Å². The Labute approximate surface area is 101 Å². The Morgan fingerprint density at radius 3 is 2.47 bits per heavy atom. The van der Waals surface area contributed by atoms with Crippen LogP contribution in [0.25, 0.3) is 0 Å². The van der Waals surface area contributed by atoms with Crippen LogP contribution in [0.1, 0.15) is 12.5 Å². The van der Waals surface area contributed by atoms with Crippen molar-refractivity contribution in [3.8, 4) is 11.8 Å². The van der Waals surface area contributed by atoms with Crippen molar-refractivity contribution in [1.82, 2.24) is 15.3 Å². The number of nitrogens with one attached hydrogen (secondary N) is 1. The fourth-order valence-corrected chi connectivity index (χ4v) is 1.35. The zero-order valence-corrected chi connectivity index (χ0v) is 9.76. The lowest BCUT2D eigenvalue weighted by Gasteiger charge is -2.04. The van der Waals surface area contributed by atoms with Crippen LogP contribution >= 0.6 is 0 Å². The highest BCUT2D eigenvalue weighted by molar-refractivity contribution is 5.24. The summed E-state index contributed by atoms with van der Waals surface area (Å²) in [6, 6.07) is 9.87. The molecule has 0 aliphatic rings. The Morgan fingerprint density at radius 1 is 1.12 bits per heavy atom. The van der Waals surface area contributed by atoms with Gasteiger partial charge in [-0.15, -0.1) is 0 Å². The van der Waals surface area contributed by atoms with Crippen LogP contribution < -0.4 is 10.1 Å². The highest BCUT2D eigenvalue weighted by Crippen LogP contribution is 2.15. The molecule has 0 unspecified atom stereocenters. The predicted molar refractivity (Wildman–Crippen MR) is 65.9 cm³/mol. The van der Waals surface area contributed by atoms with E-state index >= 15 is 0 Å². The number of hydrogen-bond acceptors (Lipinski definition) is 4. The molecule has 1 heterocycles. The summed E-state index contributed by atoms with van der Waals surface area (Å²) < 4.78 is 5.50. The van der Waals surface area contributed by atoms with Gasteiger partial charge in [-0.1, -0.05) is 25.1 Å². The normalized spacial score (nSPS) is 10.2. The van der Waals surface area contributed by atoms with Crippen LogP contribution in [0, 0.1) is 0 Å². The van der Waals surface area contributed by atoms with Crippen LogP contribution in [0.2, 0.25) is 0 Å². The first-order valence-corrected chi connectivity index (χ1v) is 5.63. The highest BCUT2D eigenvalue weighted by atomic mass is 16.5. The van der Waals surface area contributed by atoms with Gasteiger partial charge >= 0.3 is 6.01 Å². The van der Waals surface area contributed by atoms with Gasteiger partial charge in [-0.3, -0.25) is 0 Å². The van der Waals surface area contributed by atoms with Crippen molar-refractivity contribution in [1.29, 1.82) is 0 Å². The fourth-order valence-electron chi connectivity index (χ4n) is 1.35. The summed E-state index contributed by atoms with van der Waals surface area (Å²) in [5.74, 6) is 0.743. The van der Waals surface area contributed by atoms with Crippen LogP contribution in [0.3, 0.4) is 0 Å². The number of hydrogen-bond donors (Lipinski definition) is 1. The van der Waals surface area contributed by atoms with Gasteiger partial charge in [0, 0.05) is 24.5 Å². The number of ether oxygens (including phenoxy) is 1. The molecule has 4 nitrogen and oxygen atoms in total. The van der Waals surface area contributed by atoms with E-state index in [9.17, 15) is 0 Å². The molecule has 0 fully saturated rings. The van der Waals surface area contributed by atoms with Crippen LogP contribution in [0.5, 0.6) is 11.8 Å². The summed E-state index contributed by atoms with van der Waals surface area (Å²) in [5.41, 5.74) is 1.05. The summed E-state index contributed by atoms with van der Waals surface area (Å²) in [4.78, 5) is 8.31. The molecule has 88 valence electrons. The van der Waals surface area contributed by atoms with Crippen molar-refractivity contribution < 1.29 is 4.74 Å².